The number of nitrogens with one attached hydrogen (secondary N) is 1. The molecule has 1 aromatic carbocycles. The highest BCUT2D eigenvalue weighted by atomic mass is 14.9. The van der Waals surface area contributed by atoms with Gasteiger partial charge in [0, 0.05) is 11.6 Å². The summed E-state index contributed by atoms with van der Waals surface area (Å²) < 4.78 is 0. The number of pyridine rings is 1. The van der Waals surface area contributed by atoms with Gasteiger partial charge in [0.05, 0.1) is 34.8 Å². The second-order valence-electron chi connectivity index (χ2n) is 3.93. The molecule has 0 bridgehead atoms. The van der Waals surface area contributed by atoms with Gasteiger partial charge < -0.3 is 5.32 Å². The van der Waals surface area contributed by atoms with Crippen molar-refractivity contribution >= 4 is 22.3 Å². The lowest BCUT2D eigenvalue weighted by Crippen LogP contribution is -1.97. The molecule has 90 valence electrons. The van der Waals surface area contributed by atoms with Crippen molar-refractivity contribution in [2.75, 3.05) is 5.32 Å². The number of rotatable bonds is 2. The minimum Gasteiger partial charge on any atom is -0.351 e. The van der Waals surface area contributed by atoms with Crippen molar-refractivity contribution in [1.29, 1.82) is 5.26 Å². The van der Waals surface area contributed by atoms with Crippen LogP contribution in [-0.2, 0) is 0 Å². The van der Waals surface area contributed by atoms with Crippen LogP contribution in [0, 0.1) is 11.3 Å². The van der Waals surface area contributed by atoms with Crippen LogP contribution in [0.15, 0.2) is 49.2 Å². The molecule has 0 fully saturated rings. The van der Waals surface area contributed by atoms with Crippen LogP contribution in [0.25, 0.3) is 10.9 Å². The molecule has 2 aromatic heterocycles. The van der Waals surface area contributed by atoms with Gasteiger partial charge in [0.25, 0.3) is 0 Å². The van der Waals surface area contributed by atoms with Crippen LogP contribution in [0.2, 0.25) is 0 Å². The summed E-state index contributed by atoms with van der Waals surface area (Å²) >= 11 is 0. The van der Waals surface area contributed by atoms with E-state index < -0.39 is 0 Å². The lowest BCUT2D eigenvalue weighted by molar-refractivity contribution is 1.17. The second-order valence-corrected chi connectivity index (χ2v) is 3.93. The summed E-state index contributed by atoms with van der Waals surface area (Å²) in [5, 5.41) is 13.3. The van der Waals surface area contributed by atoms with Crippen molar-refractivity contribution in [3.63, 3.8) is 0 Å². The average molecular weight is 247 g/mol. The van der Waals surface area contributed by atoms with E-state index in [-0.39, 0.29) is 0 Å². The molecule has 3 rings (SSSR count). The number of hydrogen-bond acceptors (Lipinski definition) is 5. The number of nitriles is 1. The first-order valence-corrected chi connectivity index (χ1v) is 5.68. The van der Waals surface area contributed by atoms with E-state index in [9.17, 15) is 5.26 Å². The highest BCUT2D eigenvalue weighted by molar-refractivity contribution is 5.95. The molecule has 0 saturated heterocycles. The summed E-state index contributed by atoms with van der Waals surface area (Å²) in [4.78, 5) is 12.1. The topological polar surface area (TPSA) is 74.5 Å². The molecule has 3 aromatic rings. The Morgan fingerprint density at radius 1 is 1.05 bits per heavy atom. The lowest BCUT2D eigenvalue weighted by Gasteiger charge is -2.10. The van der Waals surface area contributed by atoms with E-state index in [4.69, 9.17) is 0 Å². The van der Waals surface area contributed by atoms with Gasteiger partial charge in [-0.3, -0.25) is 4.98 Å². The summed E-state index contributed by atoms with van der Waals surface area (Å²) in [5.41, 5.74) is 2.78. The molecule has 5 nitrogen and oxygen atoms in total. The van der Waals surface area contributed by atoms with Gasteiger partial charge in [-0.05, 0) is 6.07 Å². The number of para-hydroxylation sites is 1. The number of hydrogen-bond donors (Lipinski definition) is 1. The molecule has 0 unspecified atom stereocenters. The Hall–Kier alpha value is -3.00. The van der Waals surface area contributed by atoms with Crippen molar-refractivity contribution in [2.45, 2.75) is 0 Å². The fourth-order valence-electron chi connectivity index (χ4n) is 1.87. The fraction of sp³-hybridized carbons (Fsp3) is 0. The van der Waals surface area contributed by atoms with Gasteiger partial charge in [-0.2, -0.15) is 5.26 Å². The third-order valence-electron chi connectivity index (χ3n) is 2.73. The van der Waals surface area contributed by atoms with Crippen LogP contribution in [-0.4, -0.2) is 15.0 Å². The first-order valence-electron chi connectivity index (χ1n) is 5.68. The second kappa shape index (κ2) is 4.70. The molecule has 0 aliphatic heterocycles. The minimum absolute atomic E-state index is 0.488. The van der Waals surface area contributed by atoms with E-state index in [0.717, 1.165) is 22.3 Å². The summed E-state index contributed by atoms with van der Waals surface area (Å²) in [5.74, 6) is 0. The molecule has 0 aliphatic rings. The Balaban J connectivity index is 2.18. The molecule has 0 saturated carbocycles. The van der Waals surface area contributed by atoms with Gasteiger partial charge in [0.15, 0.2) is 0 Å². The summed E-state index contributed by atoms with van der Waals surface area (Å²) in [6.45, 7) is 0. The maximum Gasteiger partial charge on any atom is 0.115 e. The lowest BCUT2D eigenvalue weighted by atomic mass is 10.1. The van der Waals surface area contributed by atoms with Gasteiger partial charge in [0.1, 0.15) is 12.4 Å². The summed E-state index contributed by atoms with van der Waals surface area (Å²) in [6, 6.07) is 9.80. The Morgan fingerprint density at radius 3 is 2.63 bits per heavy atom. The Morgan fingerprint density at radius 2 is 1.84 bits per heavy atom. The van der Waals surface area contributed by atoms with E-state index in [2.05, 4.69) is 26.3 Å². The Labute approximate surface area is 109 Å². The highest BCUT2D eigenvalue weighted by Gasteiger charge is 2.08. The molecule has 1 N–H and O–H groups in total. The molecule has 0 aliphatic carbocycles. The van der Waals surface area contributed by atoms with Crippen molar-refractivity contribution in [3.05, 3.63) is 54.7 Å². The summed E-state index contributed by atoms with van der Waals surface area (Å²) in [6.07, 6.45) is 6.34. The SMILES string of the molecule is N#Cc1cnc2ccccc2c1Nc1cncnc1. The first-order chi connectivity index (χ1) is 9.38. The van der Waals surface area contributed by atoms with Crippen LogP contribution in [0.1, 0.15) is 5.56 Å². The largest absolute Gasteiger partial charge is 0.351 e. The van der Waals surface area contributed by atoms with E-state index >= 15 is 0 Å². The van der Waals surface area contributed by atoms with E-state index in [1.165, 1.54) is 6.33 Å². The smallest absolute Gasteiger partial charge is 0.115 e. The van der Waals surface area contributed by atoms with Crippen molar-refractivity contribution in [2.24, 2.45) is 0 Å². The predicted molar refractivity (Wildman–Crippen MR) is 71.8 cm³/mol. The monoisotopic (exact) mass is 247 g/mol. The van der Waals surface area contributed by atoms with E-state index in [0.29, 0.717) is 5.56 Å². The van der Waals surface area contributed by atoms with Crippen molar-refractivity contribution < 1.29 is 0 Å². The number of anilines is 2. The Kier molecular flexibility index (Phi) is 2.75. The standard InChI is InChI=1S/C14H9N5/c15-5-10-6-18-13-4-2-1-3-12(13)14(10)19-11-7-16-9-17-8-11/h1-4,6-9H,(H,18,19). The zero-order valence-electron chi connectivity index (χ0n) is 9.91. The van der Waals surface area contributed by atoms with E-state index in [1.54, 1.807) is 18.6 Å². The minimum atomic E-state index is 0.488. The van der Waals surface area contributed by atoms with Crippen LogP contribution >= 0.6 is 0 Å². The molecule has 0 spiro atoms. The zero-order valence-corrected chi connectivity index (χ0v) is 9.91. The van der Waals surface area contributed by atoms with Crippen LogP contribution in [0.5, 0.6) is 0 Å². The molecule has 5 heteroatoms. The normalized spacial score (nSPS) is 10.1. The third kappa shape index (κ3) is 2.07. The van der Waals surface area contributed by atoms with Crippen molar-refractivity contribution in [1.82, 2.24) is 15.0 Å². The molecular weight excluding hydrogens is 238 g/mol. The van der Waals surface area contributed by atoms with Gasteiger partial charge in [-0.1, -0.05) is 18.2 Å². The number of fused-ring (bicyclic) bond motifs is 1. The van der Waals surface area contributed by atoms with Gasteiger partial charge >= 0.3 is 0 Å². The number of aromatic nitrogens is 3. The Bertz CT molecular complexity index is 762. The maximum absolute atomic E-state index is 9.19. The van der Waals surface area contributed by atoms with Crippen LogP contribution in [0.4, 0.5) is 11.4 Å². The average Bonchev–Trinajstić information content (AvgIpc) is 2.49. The molecule has 0 amide bonds. The van der Waals surface area contributed by atoms with Crippen LogP contribution < -0.4 is 5.32 Å². The third-order valence-corrected chi connectivity index (χ3v) is 2.73. The zero-order chi connectivity index (χ0) is 13.1. The molecule has 0 radical (unpaired) electrons. The molecule has 0 atom stereocenters. The summed E-state index contributed by atoms with van der Waals surface area (Å²) in [7, 11) is 0. The number of benzene rings is 1. The van der Waals surface area contributed by atoms with Crippen LogP contribution in [0.3, 0.4) is 0 Å². The molecule has 19 heavy (non-hydrogen) atoms. The predicted octanol–water partition coefficient (Wildman–Crippen LogP) is 2.64. The number of nitrogens with zero attached hydrogens (tertiary/aromatic N) is 4. The molecular formula is C14H9N5. The maximum atomic E-state index is 9.19. The first kappa shape index (κ1) is 11.1. The quantitative estimate of drug-likeness (QED) is 0.753. The molecule has 2 heterocycles. The van der Waals surface area contributed by atoms with E-state index in [1.807, 2.05) is 24.3 Å². The van der Waals surface area contributed by atoms with Gasteiger partial charge in [-0.15, -0.1) is 0 Å². The fourth-order valence-corrected chi connectivity index (χ4v) is 1.87. The van der Waals surface area contributed by atoms with Gasteiger partial charge in [-0.25, -0.2) is 9.97 Å². The highest BCUT2D eigenvalue weighted by Crippen LogP contribution is 2.27. The van der Waals surface area contributed by atoms with Crippen molar-refractivity contribution in [3.8, 4) is 6.07 Å². The van der Waals surface area contributed by atoms with Gasteiger partial charge in [0.2, 0.25) is 0 Å².